The fraction of sp³-hybridized carbons (Fsp3) is 0.538. The van der Waals surface area contributed by atoms with Gasteiger partial charge in [0.1, 0.15) is 11.6 Å². The van der Waals surface area contributed by atoms with Gasteiger partial charge in [0.15, 0.2) is 0 Å². The van der Waals surface area contributed by atoms with Crippen molar-refractivity contribution in [2.75, 3.05) is 32.8 Å². The van der Waals surface area contributed by atoms with E-state index >= 15 is 0 Å². The summed E-state index contributed by atoms with van der Waals surface area (Å²) >= 11 is 0. The van der Waals surface area contributed by atoms with Gasteiger partial charge in [-0.25, -0.2) is 21.9 Å². The number of hydrogen-bond donors (Lipinski definition) is 1. The molecule has 8 heteroatoms. The van der Waals surface area contributed by atoms with Crippen molar-refractivity contribution in [3.63, 3.8) is 0 Å². The molecule has 2 rings (SSSR count). The van der Waals surface area contributed by atoms with E-state index in [1.807, 2.05) is 0 Å². The minimum absolute atomic E-state index is 0.376. The van der Waals surface area contributed by atoms with Crippen molar-refractivity contribution in [1.29, 1.82) is 0 Å². The van der Waals surface area contributed by atoms with E-state index in [0.29, 0.717) is 25.8 Å². The quantitative estimate of drug-likeness (QED) is 0.878. The Morgan fingerprint density at radius 3 is 2.38 bits per heavy atom. The lowest BCUT2D eigenvalue weighted by Gasteiger charge is -2.29. The van der Waals surface area contributed by atoms with Gasteiger partial charge in [-0.3, -0.25) is 4.90 Å². The summed E-state index contributed by atoms with van der Waals surface area (Å²) < 4.78 is 58.1. The fourth-order valence-electron chi connectivity index (χ4n) is 2.22. The van der Waals surface area contributed by atoms with Crippen molar-refractivity contribution < 1.29 is 21.9 Å². The maximum Gasteiger partial charge on any atom is 0.241 e. The SMILES string of the molecule is C[C@H](CN1CCOCC1)NS(=O)(=O)c1cc(F)cc(F)c1. The van der Waals surface area contributed by atoms with Gasteiger partial charge in [-0.05, 0) is 19.1 Å². The van der Waals surface area contributed by atoms with Gasteiger partial charge >= 0.3 is 0 Å². The molecule has 0 spiro atoms. The summed E-state index contributed by atoms with van der Waals surface area (Å²) in [5.74, 6) is -1.84. The van der Waals surface area contributed by atoms with Crippen molar-refractivity contribution >= 4 is 10.0 Å². The van der Waals surface area contributed by atoms with Crippen LogP contribution in [0.15, 0.2) is 23.1 Å². The zero-order valence-electron chi connectivity index (χ0n) is 11.7. The molecule has 1 atom stereocenters. The fourth-order valence-corrected chi connectivity index (χ4v) is 3.50. The molecule has 1 aliphatic rings. The molecule has 0 saturated carbocycles. The maximum atomic E-state index is 13.1. The van der Waals surface area contributed by atoms with Crippen LogP contribution < -0.4 is 4.72 Å². The van der Waals surface area contributed by atoms with E-state index in [9.17, 15) is 17.2 Å². The maximum absolute atomic E-state index is 13.1. The van der Waals surface area contributed by atoms with Gasteiger partial charge in [-0.15, -0.1) is 0 Å². The van der Waals surface area contributed by atoms with Crippen molar-refractivity contribution in [2.45, 2.75) is 17.9 Å². The molecule has 118 valence electrons. The van der Waals surface area contributed by atoms with Crippen molar-refractivity contribution in [3.8, 4) is 0 Å². The summed E-state index contributed by atoms with van der Waals surface area (Å²) in [5, 5.41) is 0. The standard InChI is InChI=1S/C13H18F2N2O3S/c1-10(9-17-2-4-20-5-3-17)16-21(18,19)13-7-11(14)6-12(15)8-13/h6-8,10,16H,2-5,9H2,1H3/t10-/m1/s1. The summed E-state index contributed by atoms with van der Waals surface area (Å²) in [6, 6.07) is 1.86. The number of benzene rings is 1. The van der Waals surface area contributed by atoms with E-state index in [2.05, 4.69) is 9.62 Å². The van der Waals surface area contributed by atoms with Crippen LogP contribution in [0.2, 0.25) is 0 Å². The molecule has 1 aromatic carbocycles. The molecule has 1 aromatic rings. The summed E-state index contributed by atoms with van der Waals surface area (Å²) in [4.78, 5) is 1.66. The van der Waals surface area contributed by atoms with E-state index in [1.165, 1.54) is 0 Å². The third kappa shape index (κ3) is 4.70. The first kappa shape index (κ1) is 16.3. The number of sulfonamides is 1. The van der Waals surface area contributed by atoms with Crippen LogP contribution in [0.5, 0.6) is 0 Å². The molecule has 1 fully saturated rings. The Hall–Kier alpha value is -1.09. The molecule has 0 aliphatic carbocycles. The Morgan fingerprint density at radius 2 is 1.81 bits per heavy atom. The average molecular weight is 320 g/mol. The van der Waals surface area contributed by atoms with Gasteiger partial charge < -0.3 is 4.74 Å². The molecule has 1 N–H and O–H groups in total. The van der Waals surface area contributed by atoms with E-state index in [0.717, 1.165) is 25.2 Å². The first-order chi connectivity index (χ1) is 9.87. The Kier molecular flexibility index (Phi) is 5.26. The van der Waals surface area contributed by atoms with Gasteiger partial charge in [0.25, 0.3) is 0 Å². The molecule has 0 unspecified atom stereocenters. The lowest BCUT2D eigenvalue weighted by atomic mass is 10.3. The Morgan fingerprint density at radius 1 is 1.24 bits per heavy atom. The number of nitrogens with one attached hydrogen (secondary N) is 1. The predicted molar refractivity (Wildman–Crippen MR) is 73.4 cm³/mol. The van der Waals surface area contributed by atoms with E-state index in [4.69, 9.17) is 4.74 Å². The summed E-state index contributed by atoms with van der Waals surface area (Å²) in [5.41, 5.74) is 0. The first-order valence-corrected chi connectivity index (χ1v) is 8.14. The lowest BCUT2D eigenvalue weighted by molar-refractivity contribution is 0.0354. The number of morpholine rings is 1. The van der Waals surface area contributed by atoms with Crippen LogP contribution in [-0.2, 0) is 14.8 Å². The van der Waals surface area contributed by atoms with Crippen LogP contribution in [0.4, 0.5) is 8.78 Å². The van der Waals surface area contributed by atoms with Crippen LogP contribution in [-0.4, -0.2) is 52.2 Å². The molecular weight excluding hydrogens is 302 g/mol. The van der Waals surface area contributed by atoms with E-state index < -0.39 is 26.6 Å². The molecule has 1 saturated heterocycles. The van der Waals surface area contributed by atoms with Crippen LogP contribution in [0.3, 0.4) is 0 Å². The largest absolute Gasteiger partial charge is 0.379 e. The van der Waals surface area contributed by atoms with Crippen molar-refractivity contribution in [1.82, 2.24) is 9.62 Å². The molecule has 1 aliphatic heterocycles. The van der Waals surface area contributed by atoms with Gasteiger partial charge in [0, 0.05) is 31.7 Å². The highest BCUT2D eigenvalue weighted by atomic mass is 32.2. The highest BCUT2D eigenvalue weighted by molar-refractivity contribution is 7.89. The third-order valence-electron chi connectivity index (χ3n) is 3.14. The molecular formula is C13H18F2N2O3S. The van der Waals surface area contributed by atoms with Crippen LogP contribution >= 0.6 is 0 Å². The second-order valence-corrected chi connectivity index (χ2v) is 6.75. The lowest BCUT2D eigenvalue weighted by Crippen LogP contribution is -2.45. The zero-order chi connectivity index (χ0) is 15.5. The predicted octanol–water partition coefficient (Wildman–Crippen LogP) is 0.964. The normalized spacial score (nSPS) is 18.6. The van der Waals surface area contributed by atoms with Gasteiger partial charge in [0.2, 0.25) is 10.0 Å². The zero-order valence-corrected chi connectivity index (χ0v) is 12.5. The van der Waals surface area contributed by atoms with Crippen LogP contribution in [0.25, 0.3) is 0 Å². The highest BCUT2D eigenvalue weighted by Gasteiger charge is 2.21. The van der Waals surface area contributed by atoms with Gasteiger partial charge in [0.05, 0.1) is 18.1 Å². The monoisotopic (exact) mass is 320 g/mol. The topological polar surface area (TPSA) is 58.6 Å². The molecule has 1 heterocycles. The van der Waals surface area contributed by atoms with Crippen LogP contribution in [0.1, 0.15) is 6.92 Å². The van der Waals surface area contributed by atoms with E-state index in [-0.39, 0.29) is 6.04 Å². The minimum atomic E-state index is -3.94. The first-order valence-electron chi connectivity index (χ1n) is 6.65. The van der Waals surface area contributed by atoms with Gasteiger partial charge in [-0.2, -0.15) is 0 Å². The Bertz CT molecular complexity index is 569. The summed E-state index contributed by atoms with van der Waals surface area (Å²) in [6.45, 7) is 4.94. The molecule has 0 amide bonds. The number of halogens is 2. The summed E-state index contributed by atoms with van der Waals surface area (Å²) in [6.07, 6.45) is 0. The summed E-state index contributed by atoms with van der Waals surface area (Å²) in [7, 11) is -3.94. The van der Waals surface area contributed by atoms with Crippen molar-refractivity contribution in [2.24, 2.45) is 0 Å². The van der Waals surface area contributed by atoms with E-state index in [1.54, 1.807) is 6.92 Å². The average Bonchev–Trinajstić information content (AvgIpc) is 2.37. The van der Waals surface area contributed by atoms with Crippen LogP contribution in [0, 0.1) is 11.6 Å². The number of rotatable bonds is 5. The number of hydrogen-bond acceptors (Lipinski definition) is 4. The molecule has 21 heavy (non-hydrogen) atoms. The highest BCUT2D eigenvalue weighted by Crippen LogP contribution is 2.14. The van der Waals surface area contributed by atoms with Gasteiger partial charge in [-0.1, -0.05) is 0 Å². The molecule has 0 radical (unpaired) electrons. The number of ether oxygens (including phenoxy) is 1. The Labute approximate surface area is 122 Å². The molecule has 5 nitrogen and oxygen atoms in total. The second-order valence-electron chi connectivity index (χ2n) is 5.04. The Balaban J connectivity index is 2.02. The smallest absolute Gasteiger partial charge is 0.241 e. The molecule has 0 aromatic heterocycles. The number of nitrogens with zero attached hydrogens (tertiary/aromatic N) is 1. The third-order valence-corrected chi connectivity index (χ3v) is 4.71. The minimum Gasteiger partial charge on any atom is -0.379 e. The molecule has 0 bridgehead atoms. The van der Waals surface area contributed by atoms with Crippen molar-refractivity contribution in [3.05, 3.63) is 29.8 Å². The second kappa shape index (κ2) is 6.78.